The van der Waals surface area contributed by atoms with Crippen LogP contribution in [0.3, 0.4) is 0 Å². The predicted molar refractivity (Wildman–Crippen MR) is 116 cm³/mol. The van der Waals surface area contributed by atoms with Crippen LogP contribution < -0.4 is 10.6 Å². The first-order valence-corrected chi connectivity index (χ1v) is 10.8. The van der Waals surface area contributed by atoms with E-state index in [2.05, 4.69) is 64.6 Å². The molecule has 146 valence electrons. The van der Waals surface area contributed by atoms with Crippen LogP contribution in [0.1, 0.15) is 49.6 Å². The number of fused-ring (bicyclic) bond motifs is 3. The maximum absolute atomic E-state index is 5.21. The van der Waals surface area contributed by atoms with Gasteiger partial charge in [0.25, 0.3) is 0 Å². The van der Waals surface area contributed by atoms with Crippen LogP contribution in [0.15, 0.2) is 42.5 Å². The Morgan fingerprint density at radius 2 is 1.96 bits per heavy atom. The summed E-state index contributed by atoms with van der Waals surface area (Å²) < 4.78 is 2.49. The first kappa shape index (κ1) is 17.7. The number of nitrogens with zero attached hydrogens (tertiary/aromatic N) is 2. The van der Waals surface area contributed by atoms with Crippen LogP contribution in [-0.2, 0) is 19.4 Å². The third-order valence-corrected chi connectivity index (χ3v) is 6.35. The molecule has 4 nitrogen and oxygen atoms in total. The fraction of sp³-hybridized carbons (Fsp3) is 0.458. The second-order valence-corrected chi connectivity index (χ2v) is 8.49. The molecule has 1 fully saturated rings. The lowest BCUT2D eigenvalue weighted by Crippen LogP contribution is -2.37. The van der Waals surface area contributed by atoms with Crippen molar-refractivity contribution < 1.29 is 0 Å². The largest absolute Gasteiger partial charge is 0.382 e. The van der Waals surface area contributed by atoms with Crippen molar-refractivity contribution in [3.05, 3.63) is 59.4 Å². The molecule has 2 aromatic carbocycles. The van der Waals surface area contributed by atoms with Gasteiger partial charge in [-0.15, -0.1) is 0 Å². The zero-order valence-corrected chi connectivity index (χ0v) is 16.7. The smallest absolute Gasteiger partial charge is 0.114 e. The van der Waals surface area contributed by atoms with Gasteiger partial charge >= 0.3 is 0 Å². The minimum Gasteiger partial charge on any atom is -0.382 e. The summed E-state index contributed by atoms with van der Waals surface area (Å²) in [4.78, 5) is 5.21. The standard InChI is InChI=1S/C24H30N4/c1-17-10-11-20-21(26-17)12-13-22-24(20)27-23(15-18-7-3-2-4-8-18)28(22)16-19-9-5-6-14-25-19/h2-4,7-8,12-13,17,19,25-26H,5-6,9-11,14-16H2,1H3/t17-,19-/m0/s1. The molecule has 0 radical (unpaired) electrons. The maximum Gasteiger partial charge on any atom is 0.114 e. The summed E-state index contributed by atoms with van der Waals surface area (Å²) in [5.74, 6) is 1.19. The molecule has 1 saturated heterocycles. The third kappa shape index (κ3) is 3.42. The molecule has 0 amide bonds. The zero-order chi connectivity index (χ0) is 18.9. The summed E-state index contributed by atoms with van der Waals surface area (Å²) in [5.41, 5.74) is 6.52. The van der Waals surface area contributed by atoms with E-state index in [-0.39, 0.29) is 0 Å². The second kappa shape index (κ2) is 7.59. The summed E-state index contributed by atoms with van der Waals surface area (Å²) in [7, 11) is 0. The van der Waals surface area contributed by atoms with Gasteiger partial charge in [-0.05, 0) is 56.8 Å². The fourth-order valence-corrected chi connectivity index (χ4v) is 4.80. The van der Waals surface area contributed by atoms with E-state index in [4.69, 9.17) is 4.98 Å². The molecule has 2 aliphatic rings. The molecular formula is C24H30N4. The number of hydrogen-bond acceptors (Lipinski definition) is 3. The zero-order valence-electron chi connectivity index (χ0n) is 16.7. The van der Waals surface area contributed by atoms with E-state index < -0.39 is 0 Å². The highest BCUT2D eigenvalue weighted by Crippen LogP contribution is 2.33. The minimum atomic E-state index is 0.544. The maximum atomic E-state index is 5.21. The second-order valence-electron chi connectivity index (χ2n) is 8.49. The SMILES string of the molecule is C[C@H]1CCc2c(ccc3c2nc(Cc2ccccc2)n3C[C@@H]2CCCCN2)N1. The lowest BCUT2D eigenvalue weighted by molar-refractivity contribution is 0.363. The summed E-state index contributed by atoms with van der Waals surface area (Å²) in [6.07, 6.45) is 7.07. The average molecular weight is 375 g/mol. The van der Waals surface area contributed by atoms with Crippen molar-refractivity contribution in [1.82, 2.24) is 14.9 Å². The van der Waals surface area contributed by atoms with E-state index in [0.717, 1.165) is 25.9 Å². The van der Waals surface area contributed by atoms with Crippen molar-refractivity contribution in [1.29, 1.82) is 0 Å². The van der Waals surface area contributed by atoms with E-state index in [1.165, 1.54) is 59.4 Å². The van der Waals surface area contributed by atoms with E-state index >= 15 is 0 Å². The number of piperidine rings is 1. The molecule has 28 heavy (non-hydrogen) atoms. The Balaban J connectivity index is 1.57. The lowest BCUT2D eigenvalue weighted by atomic mass is 9.97. The van der Waals surface area contributed by atoms with Gasteiger partial charge < -0.3 is 15.2 Å². The molecule has 0 unspecified atom stereocenters. The molecule has 2 atom stereocenters. The van der Waals surface area contributed by atoms with Crippen LogP contribution in [0, 0.1) is 0 Å². The molecule has 0 saturated carbocycles. The number of hydrogen-bond donors (Lipinski definition) is 2. The fourth-order valence-electron chi connectivity index (χ4n) is 4.80. The van der Waals surface area contributed by atoms with Gasteiger partial charge in [-0.1, -0.05) is 36.8 Å². The van der Waals surface area contributed by atoms with Crippen molar-refractivity contribution >= 4 is 16.7 Å². The number of aromatic nitrogens is 2. The number of anilines is 1. The molecule has 2 N–H and O–H groups in total. The van der Waals surface area contributed by atoms with Gasteiger partial charge in [0.1, 0.15) is 5.82 Å². The Labute approximate surface area is 167 Å². The Hall–Kier alpha value is -2.33. The van der Waals surface area contributed by atoms with Crippen LogP contribution >= 0.6 is 0 Å². The van der Waals surface area contributed by atoms with E-state index in [0.29, 0.717) is 12.1 Å². The normalized spacial score (nSPS) is 22.0. The van der Waals surface area contributed by atoms with Crippen molar-refractivity contribution in [3.8, 4) is 0 Å². The molecule has 3 aromatic rings. The van der Waals surface area contributed by atoms with Gasteiger partial charge in [-0.25, -0.2) is 4.98 Å². The third-order valence-electron chi connectivity index (χ3n) is 6.35. The Morgan fingerprint density at radius 1 is 1.07 bits per heavy atom. The number of rotatable bonds is 4. The monoisotopic (exact) mass is 374 g/mol. The molecule has 0 spiro atoms. The Kier molecular flexibility index (Phi) is 4.81. The minimum absolute atomic E-state index is 0.544. The molecular weight excluding hydrogens is 344 g/mol. The molecule has 1 aromatic heterocycles. The van der Waals surface area contributed by atoms with Crippen LogP contribution in [0.2, 0.25) is 0 Å². The van der Waals surface area contributed by atoms with Crippen molar-refractivity contribution in [3.63, 3.8) is 0 Å². The van der Waals surface area contributed by atoms with Crippen molar-refractivity contribution in [2.45, 2.75) is 64.1 Å². The quantitative estimate of drug-likeness (QED) is 0.706. The highest BCUT2D eigenvalue weighted by Gasteiger charge is 2.23. The Morgan fingerprint density at radius 3 is 2.79 bits per heavy atom. The summed E-state index contributed by atoms with van der Waals surface area (Å²) in [6.45, 7) is 4.42. The first-order chi connectivity index (χ1) is 13.8. The lowest BCUT2D eigenvalue weighted by Gasteiger charge is -2.26. The van der Waals surface area contributed by atoms with Crippen LogP contribution in [0.4, 0.5) is 5.69 Å². The van der Waals surface area contributed by atoms with Crippen molar-refractivity contribution in [2.24, 2.45) is 0 Å². The predicted octanol–water partition coefficient (Wildman–Crippen LogP) is 4.52. The van der Waals surface area contributed by atoms with Gasteiger partial charge in [0.2, 0.25) is 0 Å². The molecule has 0 bridgehead atoms. The number of benzene rings is 2. The van der Waals surface area contributed by atoms with Crippen LogP contribution in [0.25, 0.3) is 11.0 Å². The van der Waals surface area contributed by atoms with E-state index in [1.54, 1.807) is 0 Å². The van der Waals surface area contributed by atoms with Gasteiger partial charge in [-0.2, -0.15) is 0 Å². The molecule has 3 heterocycles. The number of nitrogens with one attached hydrogen (secondary N) is 2. The molecule has 0 aliphatic carbocycles. The first-order valence-electron chi connectivity index (χ1n) is 10.8. The number of imidazole rings is 1. The topological polar surface area (TPSA) is 41.9 Å². The van der Waals surface area contributed by atoms with Gasteiger partial charge in [0, 0.05) is 36.3 Å². The Bertz CT molecular complexity index is 954. The molecule has 4 heteroatoms. The van der Waals surface area contributed by atoms with Gasteiger partial charge in [0.15, 0.2) is 0 Å². The highest BCUT2D eigenvalue weighted by atomic mass is 15.1. The molecule has 2 aliphatic heterocycles. The van der Waals surface area contributed by atoms with Crippen molar-refractivity contribution in [2.75, 3.05) is 11.9 Å². The van der Waals surface area contributed by atoms with Crippen LogP contribution in [-0.4, -0.2) is 28.2 Å². The number of aryl methyl sites for hydroxylation is 1. The molecule has 5 rings (SSSR count). The summed E-state index contributed by atoms with van der Waals surface area (Å²) >= 11 is 0. The summed E-state index contributed by atoms with van der Waals surface area (Å²) in [5, 5.41) is 7.37. The van der Waals surface area contributed by atoms with E-state index in [9.17, 15) is 0 Å². The highest BCUT2D eigenvalue weighted by molar-refractivity contribution is 5.86. The van der Waals surface area contributed by atoms with Gasteiger partial charge in [0.05, 0.1) is 11.0 Å². The van der Waals surface area contributed by atoms with E-state index in [1.807, 2.05) is 0 Å². The van der Waals surface area contributed by atoms with Gasteiger partial charge in [-0.3, -0.25) is 0 Å². The average Bonchev–Trinajstić information content (AvgIpc) is 3.06. The summed E-state index contributed by atoms with van der Waals surface area (Å²) in [6, 6.07) is 16.4. The van der Waals surface area contributed by atoms with Crippen LogP contribution in [0.5, 0.6) is 0 Å².